The molecule has 0 radical (unpaired) electrons. The van der Waals surface area contributed by atoms with Gasteiger partial charge in [-0.1, -0.05) is 0 Å². The normalized spacial score (nSPS) is 11.8. The van der Waals surface area contributed by atoms with Gasteiger partial charge in [-0.25, -0.2) is 13.2 Å². The Bertz CT molecular complexity index is 669. The minimum absolute atomic E-state index is 0.0423. The number of aromatic carboxylic acids is 1. The van der Waals surface area contributed by atoms with Crippen molar-refractivity contribution in [3.8, 4) is 0 Å². The van der Waals surface area contributed by atoms with E-state index in [-0.39, 0.29) is 10.6 Å². The summed E-state index contributed by atoms with van der Waals surface area (Å²) in [7, 11) is -3.27. The van der Waals surface area contributed by atoms with Gasteiger partial charge < -0.3 is 10.1 Å². The lowest BCUT2D eigenvalue weighted by molar-refractivity contribution is 0.0691. The molecule has 0 unspecified atom stereocenters. The van der Waals surface area contributed by atoms with Crippen LogP contribution in [0, 0.1) is 0 Å². The standard InChI is InChI=1S/C10H9NO4S/c1-16(14,15)7-2-3-8-6(4-7)5-9(11-8)10(12)13/h2-5,11H,1H3,(H,12,13). The first kappa shape index (κ1) is 10.7. The lowest BCUT2D eigenvalue weighted by Crippen LogP contribution is -1.95. The van der Waals surface area contributed by atoms with Crippen LogP contribution in [0.25, 0.3) is 10.9 Å². The van der Waals surface area contributed by atoms with E-state index in [4.69, 9.17) is 5.11 Å². The van der Waals surface area contributed by atoms with Crippen molar-refractivity contribution in [1.82, 2.24) is 4.98 Å². The van der Waals surface area contributed by atoms with Crippen LogP contribution >= 0.6 is 0 Å². The van der Waals surface area contributed by atoms with Crippen molar-refractivity contribution in [3.05, 3.63) is 30.0 Å². The lowest BCUT2D eigenvalue weighted by atomic mass is 10.2. The Kier molecular flexibility index (Phi) is 2.23. The van der Waals surface area contributed by atoms with Gasteiger partial charge in [0.15, 0.2) is 9.84 Å². The van der Waals surface area contributed by atoms with Gasteiger partial charge >= 0.3 is 5.97 Å². The number of hydrogen-bond acceptors (Lipinski definition) is 3. The van der Waals surface area contributed by atoms with E-state index in [2.05, 4.69) is 4.98 Å². The number of aromatic nitrogens is 1. The molecule has 6 heteroatoms. The third-order valence-electron chi connectivity index (χ3n) is 2.25. The number of fused-ring (bicyclic) bond motifs is 1. The van der Waals surface area contributed by atoms with Crippen molar-refractivity contribution < 1.29 is 18.3 Å². The van der Waals surface area contributed by atoms with Crippen molar-refractivity contribution in [2.24, 2.45) is 0 Å². The molecular formula is C10H9NO4S. The molecule has 0 amide bonds. The van der Waals surface area contributed by atoms with Crippen LogP contribution in [-0.4, -0.2) is 30.7 Å². The molecule has 1 aromatic carbocycles. The third kappa shape index (κ3) is 1.79. The summed E-state index contributed by atoms with van der Waals surface area (Å²) in [5, 5.41) is 9.34. The molecule has 0 fully saturated rings. The maximum Gasteiger partial charge on any atom is 0.352 e. The zero-order chi connectivity index (χ0) is 11.9. The average Bonchev–Trinajstić information content (AvgIpc) is 2.58. The fourth-order valence-corrected chi connectivity index (χ4v) is 2.11. The molecule has 1 heterocycles. The van der Waals surface area contributed by atoms with Crippen LogP contribution in [0.5, 0.6) is 0 Å². The first-order chi connectivity index (χ1) is 7.38. The smallest absolute Gasteiger partial charge is 0.352 e. The van der Waals surface area contributed by atoms with Gasteiger partial charge in [0.25, 0.3) is 0 Å². The second-order valence-electron chi connectivity index (χ2n) is 3.51. The Morgan fingerprint density at radius 1 is 1.31 bits per heavy atom. The Labute approximate surface area is 91.6 Å². The summed E-state index contributed by atoms with van der Waals surface area (Å²) in [6.07, 6.45) is 1.11. The summed E-state index contributed by atoms with van der Waals surface area (Å²) >= 11 is 0. The van der Waals surface area contributed by atoms with Crippen molar-refractivity contribution in [2.75, 3.05) is 6.26 Å². The summed E-state index contributed by atoms with van der Waals surface area (Å²) in [6.45, 7) is 0. The van der Waals surface area contributed by atoms with Gasteiger partial charge in [-0.15, -0.1) is 0 Å². The Morgan fingerprint density at radius 2 is 2.00 bits per heavy atom. The quantitative estimate of drug-likeness (QED) is 0.826. The minimum Gasteiger partial charge on any atom is -0.477 e. The Hall–Kier alpha value is -1.82. The molecule has 0 aliphatic carbocycles. The number of rotatable bonds is 2. The second kappa shape index (κ2) is 3.34. The largest absolute Gasteiger partial charge is 0.477 e. The molecule has 0 aliphatic heterocycles. The maximum atomic E-state index is 11.3. The fraction of sp³-hybridized carbons (Fsp3) is 0.100. The van der Waals surface area contributed by atoms with Gasteiger partial charge in [0.2, 0.25) is 0 Å². The molecule has 2 N–H and O–H groups in total. The summed E-state index contributed by atoms with van der Waals surface area (Å²) < 4.78 is 22.6. The number of aromatic amines is 1. The minimum atomic E-state index is -3.27. The number of carbonyl (C=O) groups is 1. The zero-order valence-corrected chi connectivity index (χ0v) is 9.21. The van der Waals surface area contributed by atoms with E-state index in [9.17, 15) is 13.2 Å². The Morgan fingerprint density at radius 3 is 2.56 bits per heavy atom. The highest BCUT2D eigenvalue weighted by Gasteiger charge is 2.11. The predicted octanol–water partition coefficient (Wildman–Crippen LogP) is 1.27. The maximum absolute atomic E-state index is 11.3. The van der Waals surface area contributed by atoms with Crippen molar-refractivity contribution in [2.45, 2.75) is 4.90 Å². The van der Waals surface area contributed by atoms with E-state index >= 15 is 0 Å². The topological polar surface area (TPSA) is 87.2 Å². The predicted molar refractivity (Wildman–Crippen MR) is 58.4 cm³/mol. The van der Waals surface area contributed by atoms with E-state index < -0.39 is 15.8 Å². The summed E-state index contributed by atoms with van der Waals surface area (Å²) in [4.78, 5) is 13.6. The third-order valence-corrected chi connectivity index (χ3v) is 3.36. The molecule has 2 aromatic rings. The zero-order valence-electron chi connectivity index (χ0n) is 8.39. The molecule has 84 valence electrons. The van der Waals surface area contributed by atoms with Gasteiger partial charge in [-0.05, 0) is 24.3 Å². The molecule has 1 aromatic heterocycles. The van der Waals surface area contributed by atoms with Gasteiger partial charge in [0.1, 0.15) is 5.69 Å². The van der Waals surface area contributed by atoms with Gasteiger partial charge in [-0.2, -0.15) is 0 Å². The second-order valence-corrected chi connectivity index (χ2v) is 5.53. The number of carboxylic acid groups (broad SMARTS) is 1. The summed E-state index contributed by atoms with van der Waals surface area (Å²) in [6, 6.07) is 5.86. The number of hydrogen-bond donors (Lipinski definition) is 2. The average molecular weight is 239 g/mol. The molecule has 0 saturated heterocycles. The van der Waals surface area contributed by atoms with E-state index in [1.807, 2.05) is 0 Å². The van der Waals surface area contributed by atoms with Crippen molar-refractivity contribution in [3.63, 3.8) is 0 Å². The van der Waals surface area contributed by atoms with Crippen LogP contribution in [0.4, 0.5) is 0 Å². The SMILES string of the molecule is CS(=O)(=O)c1ccc2[nH]c(C(=O)O)cc2c1. The molecular weight excluding hydrogens is 230 g/mol. The molecule has 0 spiro atoms. The number of carboxylic acids is 1. The van der Waals surface area contributed by atoms with E-state index in [0.717, 1.165) is 6.26 Å². The molecule has 0 aliphatic rings. The number of nitrogens with one attached hydrogen (secondary N) is 1. The molecule has 16 heavy (non-hydrogen) atoms. The van der Waals surface area contributed by atoms with Crippen molar-refractivity contribution in [1.29, 1.82) is 0 Å². The lowest BCUT2D eigenvalue weighted by Gasteiger charge is -1.97. The summed E-state index contributed by atoms with van der Waals surface area (Å²) in [5.41, 5.74) is 0.644. The number of benzene rings is 1. The Balaban J connectivity index is 2.67. The fourth-order valence-electron chi connectivity index (χ4n) is 1.46. The van der Waals surface area contributed by atoms with Crippen molar-refractivity contribution >= 4 is 26.7 Å². The highest BCUT2D eigenvalue weighted by Crippen LogP contribution is 2.19. The van der Waals surface area contributed by atoms with Gasteiger partial charge in [-0.3, -0.25) is 0 Å². The number of H-pyrrole nitrogens is 1. The highest BCUT2D eigenvalue weighted by molar-refractivity contribution is 7.90. The van der Waals surface area contributed by atoms with Gasteiger partial charge in [0, 0.05) is 17.2 Å². The van der Waals surface area contributed by atoms with E-state index in [1.54, 1.807) is 6.07 Å². The molecule has 0 saturated carbocycles. The first-order valence-electron chi connectivity index (χ1n) is 4.44. The van der Waals surface area contributed by atoms with Crippen LogP contribution in [0.1, 0.15) is 10.5 Å². The monoisotopic (exact) mass is 239 g/mol. The molecule has 0 bridgehead atoms. The molecule has 0 atom stereocenters. The first-order valence-corrected chi connectivity index (χ1v) is 6.33. The van der Waals surface area contributed by atoms with Crippen LogP contribution in [0.3, 0.4) is 0 Å². The number of sulfone groups is 1. The van der Waals surface area contributed by atoms with Gasteiger partial charge in [0.05, 0.1) is 4.90 Å². The summed E-state index contributed by atoms with van der Waals surface area (Å²) in [5.74, 6) is -1.07. The highest BCUT2D eigenvalue weighted by atomic mass is 32.2. The van der Waals surface area contributed by atoms with Crippen LogP contribution in [-0.2, 0) is 9.84 Å². The van der Waals surface area contributed by atoms with E-state index in [0.29, 0.717) is 10.9 Å². The van der Waals surface area contributed by atoms with Crippen LogP contribution < -0.4 is 0 Å². The van der Waals surface area contributed by atoms with E-state index in [1.165, 1.54) is 18.2 Å². The van der Waals surface area contributed by atoms with Crippen LogP contribution in [0.2, 0.25) is 0 Å². The van der Waals surface area contributed by atoms with Crippen LogP contribution in [0.15, 0.2) is 29.2 Å². The molecule has 5 nitrogen and oxygen atoms in total. The molecule has 2 rings (SSSR count).